The smallest absolute Gasteiger partial charge is 0.300 e. The number of amides is 1. The summed E-state index contributed by atoms with van der Waals surface area (Å²) in [6, 6.07) is 18.5. The van der Waals surface area contributed by atoms with Crippen LogP contribution in [-0.4, -0.2) is 38.1 Å². The second-order valence-electron chi connectivity index (χ2n) is 8.03. The lowest BCUT2D eigenvalue weighted by Gasteiger charge is -2.26. The standard InChI is InChI=1S/C28H27NO6/c1-5-17-9-11-19(12-10-17)29-25(18-7-6-8-20(15-18)33-2)24(27(31)28(29)32)26(30)22-14-13-21(34-3)16-23(22)35-4/h6-16,25,30H,5H2,1-4H3/b26-24-. The summed E-state index contributed by atoms with van der Waals surface area (Å²) in [5.74, 6) is -0.437. The topological polar surface area (TPSA) is 85.3 Å². The molecule has 7 nitrogen and oxygen atoms in total. The summed E-state index contributed by atoms with van der Waals surface area (Å²) in [4.78, 5) is 28.1. The minimum Gasteiger partial charge on any atom is -0.507 e. The number of aliphatic hydroxyl groups is 1. The number of nitrogens with zero attached hydrogens (tertiary/aromatic N) is 1. The highest BCUT2D eigenvalue weighted by Gasteiger charge is 2.47. The monoisotopic (exact) mass is 473 g/mol. The molecule has 1 amide bonds. The zero-order valence-electron chi connectivity index (χ0n) is 20.1. The number of carbonyl (C=O) groups is 2. The molecule has 1 aliphatic rings. The van der Waals surface area contributed by atoms with Gasteiger partial charge in [-0.2, -0.15) is 0 Å². The summed E-state index contributed by atoms with van der Waals surface area (Å²) >= 11 is 0. The Morgan fingerprint density at radius 3 is 2.20 bits per heavy atom. The lowest BCUT2D eigenvalue weighted by molar-refractivity contribution is -0.132. The van der Waals surface area contributed by atoms with Gasteiger partial charge in [0.1, 0.15) is 23.0 Å². The van der Waals surface area contributed by atoms with Gasteiger partial charge < -0.3 is 19.3 Å². The maximum absolute atomic E-state index is 13.4. The van der Waals surface area contributed by atoms with E-state index in [0.717, 1.165) is 12.0 Å². The Morgan fingerprint density at radius 1 is 0.886 bits per heavy atom. The number of ether oxygens (including phenoxy) is 3. The van der Waals surface area contributed by atoms with Crippen molar-refractivity contribution >= 4 is 23.1 Å². The van der Waals surface area contributed by atoms with E-state index in [1.807, 2.05) is 31.2 Å². The van der Waals surface area contributed by atoms with Gasteiger partial charge in [-0.15, -0.1) is 0 Å². The molecule has 3 aromatic rings. The third-order valence-electron chi connectivity index (χ3n) is 6.14. The quantitative estimate of drug-likeness (QED) is 0.298. The molecule has 0 saturated carbocycles. The minimum atomic E-state index is -0.871. The number of aliphatic hydroxyl groups excluding tert-OH is 1. The van der Waals surface area contributed by atoms with Crippen molar-refractivity contribution < 1.29 is 28.9 Å². The van der Waals surface area contributed by atoms with Gasteiger partial charge in [-0.05, 0) is 53.9 Å². The van der Waals surface area contributed by atoms with Gasteiger partial charge >= 0.3 is 0 Å². The van der Waals surface area contributed by atoms with Crippen LogP contribution >= 0.6 is 0 Å². The summed E-state index contributed by atoms with van der Waals surface area (Å²) < 4.78 is 16.1. The Bertz CT molecular complexity index is 1300. The molecular weight excluding hydrogens is 446 g/mol. The number of methoxy groups -OCH3 is 3. The zero-order chi connectivity index (χ0) is 25.1. The fourth-order valence-electron chi connectivity index (χ4n) is 4.26. The van der Waals surface area contributed by atoms with E-state index in [1.165, 1.54) is 19.1 Å². The van der Waals surface area contributed by atoms with Crippen molar-refractivity contribution in [2.24, 2.45) is 0 Å². The average molecular weight is 474 g/mol. The number of carbonyl (C=O) groups excluding carboxylic acids is 2. The molecule has 4 rings (SSSR count). The van der Waals surface area contributed by atoms with Crippen molar-refractivity contribution in [3.8, 4) is 17.2 Å². The maximum atomic E-state index is 13.4. The highest BCUT2D eigenvalue weighted by molar-refractivity contribution is 6.51. The molecular formula is C28H27NO6. The molecule has 1 aliphatic heterocycles. The molecule has 7 heteroatoms. The normalized spacial score (nSPS) is 16.9. The fourth-order valence-corrected chi connectivity index (χ4v) is 4.26. The van der Waals surface area contributed by atoms with Gasteiger partial charge in [0.05, 0.1) is 38.5 Å². The van der Waals surface area contributed by atoms with E-state index in [0.29, 0.717) is 28.5 Å². The first kappa shape index (κ1) is 23.9. The number of Topliss-reactive ketones (excluding diaryl/α,β-unsaturated/α-hetero) is 1. The highest BCUT2D eigenvalue weighted by Crippen LogP contribution is 2.44. The van der Waals surface area contributed by atoms with Crippen molar-refractivity contribution in [3.05, 3.63) is 89.0 Å². The molecule has 35 heavy (non-hydrogen) atoms. The van der Waals surface area contributed by atoms with E-state index in [4.69, 9.17) is 14.2 Å². The lowest BCUT2D eigenvalue weighted by Crippen LogP contribution is -2.29. The van der Waals surface area contributed by atoms with Crippen LogP contribution in [-0.2, 0) is 16.0 Å². The van der Waals surface area contributed by atoms with E-state index >= 15 is 0 Å². The van der Waals surface area contributed by atoms with Crippen LogP contribution in [0.2, 0.25) is 0 Å². The van der Waals surface area contributed by atoms with Gasteiger partial charge in [-0.1, -0.05) is 31.2 Å². The predicted molar refractivity (Wildman–Crippen MR) is 133 cm³/mol. The number of anilines is 1. The van der Waals surface area contributed by atoms with Crippen molar-refractivity contribution in [2.45, 2.75) is 19.4 Å². The van der Waals surface area contributed by atoms with Crippen molar-refractivity contribution in [3.63, 3.8) is 0 Å². The number of hydrogen-bond acceptors (Lipinski definition) is 6. The fraction of sp³-hybridized carbons (Fsp3) is 0.214. The summed E-state index contributed by atoms with van der Waals surface area (Å²) in [5, 5.41) is 11.4. The Kier molecular flexibility index (Phi) is 6.78. The van der Waals surface area contributed by atoms with Gasteiger partial charge in [-0.25, -0.2) is 0 Å². The van der Waals surface area contributed by atoms with Crippen LogP contribution < -0.4 is 19.1 Å². The molecule has 0 spiro atoms. The van der Waals surface area contributed by atoms with Crippen LogP contribution in [0.3, 0.4) is 0 Å². The van der Waals surface area contributed by atoms with Gasteiger partial charge in [-0.3, -0.25) is 14.5 Å². The second-order valence-corrected chi connectivity index (χ2v) is 8.03. The number of hydrogen-bond donors (Lipinski definition) is 1. The third kappa shape index (κ3) is 4.33. The number of benzene rings is 3. The highest BCUT2D eigenvalue weighted by atomic mass is 16.5. The molecule has 0 bridgehead atoms. The molecule has 1 heterocycles. The van der Waals surface area contributed by atoms with E-state index in [2.05, 4.69) is 0 Å². The maximum Gasteiger partial charge on any atom is 0.300 e. The second kappa shape index (κ2) is 9.93. The number of rotatable bonds is 7. The lowest BCUT2D eigenvalue weighted by atomic mass is 9.94. The van der Waals surface area contributed by atoms with Crippen LogP contribution in [0.4, 0.5) is 5.69 Å². The molecule has 1 N–H and O–H groups in total. The van der Waals surface area contributed by atoms with E-state index in [-0.39, 0.29) is 16.9 Å². The Morgan fingerprint density at radius 2 is 1.57 bits per heavy atom. The molecule has 0 aliphatic carbocycles. The third-order valence-corrected chi connectivity index (χ3v) is 6.14. The van der Waals surface area contributed by atoms with Crippen LogP contribution in [0.25, 0.3) is 5.76 Å². The Labute approximate surface area is 204 Å². The molecule has 1 saturated heterocycles. The van der Waals surface area contributed by atoms with Gasteiger partial charge in [0.2, 0.25) is 0 Å². The summed E-state index contributed by atoms with van der Waals surface area (Å²) in [6.07, 6.45) is 0.843. The van der Waals surface area contributed by atoms with Gasteiger partial charge in [0, 0.05) is 11.8 Å². The summed E-state index contributed by atoms with van der Waals surface area (Å²) in [7, 11) is 4.52. The van der Waals surface area contributed by atoms with Crippen LogP contribution in [0, 0.1) is 0 Å². The van der Waals surface area contributed by atoms with Crippen molar-refractivity contribution in [1.82, 2.24) is 0 Å². The van der Waals surface area contributed by atoms with E-state index < -0.39 is 17.7 Å². The first-order valence-corrected chi connectivity index (χ1v) is 11.2. The van der Waals surface area contributed by atoms with Gasteiger partial charge in [0.15, 0.2) is 0 Å². The number of ketones is 1. The zero-order valence-corrected chi connectivity index (χ0v) is 20.1. The molecule has 180 valence electrons. The number of aryl methyl sites for hydroxylation is 1. The first-order chi connectivity index (χ1) is 16.9. The van der Waals surface area contributed by atoms with Crippen LogP contribution in [0.1, 0.15) is 29.7 Å². The molecule has 3 aromatic carbocycles. The molecule has 1 fully saturated rings. The molecule has 1 atom stereocenters. The van der Waals surface area contributed by atoms with Crippen LogP contribution in [0.5, 0.6) is 17.2 Å². The SMILES string of the molecule is CCc1ccc(N2C(=O)C(=O)/C(=C(\O)c3ccc(OC)cc3OC)C2c2cccc(OC)c2)cc1. The molecule has 0 aromatic heterocycles. The van der Waals surface area contributed by atoms with E-state index in [9.17, 15) is 14.7 Å². The van der Waals surface area contributed by atoms with Gasteiger partial charge in [0.25, 0.3) is 11.7 Å². The van der Waals surface area contributed by atoms with Crippen molar-refractivity contribution in [2.75, 3.05) is 26.2 Å². The van der Waals surface area contributed by atoms with Crippen LogP contribution in [0.15, 0.2) is 72.3 Å². The molecule has 0 radical (unpaired) electrons. The Hall–Kier alpha value is -4.26. The Balaban J connectivity index is 1.95. The molecule has 1 unspecified atom stereocenters. The summed E-state index contributed by atoms with van der Waals surface area (Å²) in [6.45, 7) is 2.04. The van der Waals surface area contributed by atoms with Crippen molar-refractivity contribution in [1.29, 1.82) is 0 Å². The first-order valence-electron chi connectivity index (χ1n) is 11.2. The average Bonchev–Trinajstić information content (AvgIpc) is 3.18. The largest absolute Gasteiger partial charge is 0.507 e. The van der Waals surface area contributed by atoms with E-state index in [1.54, 1.807) is 49.6 Å². The minimum absolute atomic E-state index is 0.0358. The summed E-state index contributed by atoms with van der Waals surface area (Å²) in [5.41, 5.74) is 2.52. The predicted octanol–water partition coefficient (Wildman–Crippen LogP) is 4.90.